The Morgan fingerprint density at radius 3 is 1.49 bits per heavy atom. The van der Waals surface area contributed by atoms with Crippen molar-refractivity contribution in [2.75, 3.05) is 0 Å². The Labute approximate surface area is 363 Å². The molecule has 2 heterocycles. The van der Waals surface area contributed by atoms with Crippen molar-refractivity contribution in [2.24, 2.45) is 0 Å². The fourth-order valence-electron chi connectivity index (χ4n) is 9.69. The number of rotatable bonds is 5. The fourth-order valence-corrected chi connectivity index (χ4v) is 9.69. The maximum Gasteiger partial charge on any atom is 0.164 e. The molecule has 0 unspecified atom stereocenters. The van der Waals surface area contributed by atoms with E-state index in [0.29, 0.717) is 17.5 Å². The van der Waals surface area contributed by atoms with E-state index in [1.54, 1.807) is 0 Å². The first-order valence-electron chi connectivity index (χ1n) is 21.4. The van der Waals surface area contributed by atoms with Crippen LogP contribution in [-0.4, -0.2) is 19.5 Å². The van der Waals surface area contributed by atoms with Crippen molar-refractivity contribution >= 4 is 75.7 Å². The first-order chi connectivity index (χ1) is 31.2. The first-order valence-corrected chi connectivity index (χ1v) is 21.4. The van der Waals surface area contributed by atoms with Crippen LogP contribution in [0, 0.1) is 0 Å². The molecular formula is C59H36N4. The van der Waals surface area contributed by atoms with E-state index in [2.05, 4.69) is 205 Å². The van der Waals surface area contributed by atoms with Crippen molar-refractivity contribution in [3.8, 4) is 51.0 Å². The van der Waals surface area contributed by atoms with Crippen molar-refractivity contribution in [1.82, 2.24) is 19.5 Å². The zero-order valence-corrected chi connectivity index (χ0v) is 34.1. The van der Waals surface area contributed by atoms with Gasteiger partial charge in [0.05, 0.1) is 16.7 Å². The Hall–Kier alpha value is -8.47. The lowest BCUT2D eigenvalue weighted by Gasteiger charge is -2.17. The quantitative estimate of drug-likeness (QED) is 0.174. The number of benzene rings is 11. The van der Waals surface area contributed by atoms with E-state index < -0.39 is 0 Å². The lowest BCUT2D eigenvalue weighted by molar-refractivity contribution is 1.08. The minimum atomic E-state index is 0.626. The second-order valence-corrected chi connectivity index (χ2v) is 16.4. The second kappa shape index (κ2) is 14.1. The van der Waals surface area contributed by atoms with E-state index in [0.717, 1.165) is 55.1 Å². The Kier molecular flexibility index (Phi) is 7.87. The Bertz CT molecular complexity index is 3880. The Morgan fingerprint density at radius 2 is 0.794 bits per heavy atom. The molecule has 292 valence electrons. The summed E-state index contributed by atoms with van der Waals surface area (Å²) in [7, 11) is 0. The topological polar surface area (TPSA) is 43.6 Å². The molecule has 0 radical (unpaired) electrons. The summed E-state index contributed by atoms with van der Waals surface area (Å²) in [5.74, 6) is 1.89. The van der Waals surface area contributed by atoms with Crippen molar-refractivity contribution < 1.29 is 0 Å². The third-order valence-electron chi connectivity index (χ3n) is 12.8. The van der Waals surface area contributed by atoms with Gasteiger partial charge in [-0.2, -0.15) is 0 Å². The summed E-state index contributed by atoms with van der Waals surface area (Å²) in [5, 5.41) is 14.2. The number of fused-ring (bicyclic) bond motifs is 8. The van der Waals surface area contributed by atoms with E-state index in [4.69, 9.17) is 15.0 Å². The van der Waals surface area contributed by atoms with Gasteiger partial charge < -0.3 is 4.57 Å². The largest absolute Gasteiger partial charge is 0.309 e. The highest BCUT2D eigenvalue weighted by Gasteiger charge is 2.21. The maximum absolute atomic E-state index is 5.31. The average Bonchev–Trinajstić information content (AvgIpc) is 3.65. The summed E-state index contributed by atoms with van der Waals surface area (Å²) in [6, 6.07) is 78.5. The summed E-state index contributed by atoms with van der Waals surface area (Å²) < 4.78 is 2.48. The van der Waals surface area contributed by atoms with Crippen LogP contribution in [-0.2, 0) is 0 Å². The summed E-state index contributed by atoms with van der Waals surface area (Å²) in [4.78, 5) is 15.7. The maximum atomic E-state index is 5.31. The van der Waals surface area contributed by atoms with E-state index in [-0.39, 0.29) is 0 Å². The lowest BCUT2D eigenvalue weighted by Crippen LogP contribution is -2.02. The molecule has 0 amide bonds. The number of hydrogen-bond acceptors (Lipinski definition) is 3. The fraction of sp³-hybridized carbons (Fsp3) is 0. The highest BCUT2D eigenvalue weighted by atomic mass is 15.0. The average molecular weight is 801 g/mol. The minimum absolute atomic E-state index is 0.626. The summed E-state index contributed by atoms with van der Waals surface area (Å²) in [6.07, 6.45) is 0. The molecule has 4 nitrogen and oxygen atoms in total. The number of nitrogens with zero attached hydrogens (tertiary/aromatic N) is 4. The summed E-state index contributed by atoms with van der Waals surface area (Å²) in [5.41, 5.74) is 8.57. The van der Waals surface area contributed by atoms with Crippen molar-refractivity contribution in [1.29, 1.82) is 0 Å². The van der Waals surface area contributed by atoms with Crippen LogP contribution in [0.4, 0.5) is 0 Å². The van der Waals surface area contributed by atoms with Gasteiger partial charge >= 0.3 is 0 Å². The Morgan fingerprint density at radius 1 is 0.254 bits per heavy atom. The minimum Gasteiger partial charge on any atom is -0.309 e. The zero-order chi connectivity index (χ0) is 41.4. The van der Waals surface area contributed by atoms with Crippen LogP contribution in [0.15, 0.2) is 218 Å². The molecule has 0 bridgehead atoms. The molecule has 0 saturated carbocycles. The monoisotopic (exact) mass is 800 g/mol. The molecule has 0 N–H and O–H groups in total. The molecule has 0 aliphatic carbocycles. The molecule has 0 saturated heterocycles. The van der Waals surface area contributed by atoms with Crippen LogP contribution in [0.1, 0.15) is 0 Å². The van der Waals surface area contributed by atoms with E-state index in [1.165, 1.54) is 54.0 Å². The molecule has 13 aromatic rings. The predicted molar refractivity (Wildman–Crippen MR) is 263 cm³/mol. The van der Waals surface area contributed by atoms with Crippen LogP contribution in [0.2, 0.25) is 0 Å². The van der Waals surface area contributed by atoms with E-state index in [9.17, 15) is 0 Å². The molecule has 0 aliphatic heterocycles. The van der Waals surface area contributed by atoms with Crippen LogP contribution in [0.3, 0.4) is 0 Å². The molecule has 2 aromatic heterocycles. The molecular weight excluding hydrogens is 765 g/mol. The SMILES string of the molecule is c1ccc(-c2nc(-c3ccc4ccccc4c3)nc(-c3ccc(-n4c5cc6ccccc6cc5c5cc6ccccc6cc54)c4cc(-c5cccc6ccccc56)ccc34)n2)cc1. The third-order valence-corrected chi connectivity index (χ3v) is 12.8. The highest BCUT2D eigenvalue weighted by molar-refractivity contribution is 6.18. The van der Waals surface area contributed by atoms with Gasteiger partial charge in [-0.05, 0) is 108 Å². The number of hydrogen-bond donors (Lipinski definition) is 0. The Balaban J connectivity index is 1.12. The summed E-state index contributed by atoms with van der Waals surface area (Å²) in [6.45, 7) is 0. The predicted octanol–water partition coefficient (Wildman–Crippen LogP) is 15.4. The van der Waals surface area contributed by atoms with Crippen molar-refractivity contribution in [3.63, 3.8) is 0 Å². The normalized spacial score (nSPS) is 11.8. The van der Waals surface area contributed by atoms with Gasteiger partial charge in [0, 0.05) is 32.8 Å². The van der Waals surface area contributed by atoms with Gasteiger partial charge in [0.15, 0.2) is 17.5 Å². The molecule has 13 rings (SSSR count). The van der Waals surface area contributed by atoms with Crippen molar-refractivity contribution in [2.45, 2.75) is 0 Å². The number of aromatic nitrogens is 4. The summed E-state index contributed by atoms with van der Waals surface area (Å²) >= 11 is 0. The zero-order valence-electron chi connectivity index (χ0n) is 34.1. The molecule has 0 atom stereocenters. The first kappa shape index (κ1) is 35.3. The molecule has 63 heavy (non-hydrogen) atoms. The van der Waals surface area contributed by atoms with Gasteiger partial charge in [0.2, 0.25) is 0 Å². The van der Waals surface area contributed by atoms with Crippen LogP contribution in [0.5, 0.6) is 0 Å². The van der Waals surface area contributed by atoms with Gasteiger partial charge in [-0.15, -0.1) is 0 Å². The third kappa shape index (κ3) is 5.80. The molecule has 0 aliphatic rings. The van der Waals surface area contributed by atoms with Gasteiger partial charge in [-0.25, -0.2) is 15.0 Å². The second-order valence-electron chi connectivity index (χ2n) is 16.4. The smallest absolute Gasteiger partial charge is 0.164 e. The van der Waals surface area contributed by atoms with Crippen molar-refractivity contribution in [3.05, 3.63) is 218 Å². The van der Waals surface area contributed by atoms with E-state index >= 15 is 0 Å². The van der Waals surface area contributed by atoms with Gasteiger partial charge in [-0.3, -0.25) is 0 Å². The molecule has 11 aromatic carbocycles. The molecule has 0 fully saturated rings. The molecule has 4 heteroatoms. The highest BCUT2D eigenvalue weighted by Crippen LogP contribution is 2.42. The van der Waals surface area contributed by atoms with Gasteiger partial charge in [-0.1, -0.05) is 170 Å². The lowest BCUT2D eigenvalue weighted by atomic mass is 9.94. The van der Waals surface area contributed by atoms with Crippen LogP contribution < -0.4 is 0 Å². The van der Waals surface area contributed by atoms with Gasteiger partial charge in [0.1, 0.15) is 0 Å². The van der Waals surface area contributed by atoms with Gasteiger partial charge in [0.25, 0.3) is 0 Å². The molecule has 0 spiro atoms. The standard InChI is InChI=1S/C59H36N4/c1-2-15-39(16-3-1)57-60-58(46-26-25-37-13-4-5-17-40(37)31-46)62-59(61-57)50-29-30-54(51-34-45(27-28-49(50)51)48-24-12-22-38-14-10-11-23-47(38)48)63-55-35-43-20-8-6-18-41(43)32-52(55)53-33-42-19-7-9-21-44(42)36-56(53)63/h1-36H. The van der Waals surface area contributed by atoms with E-state index in [1.807, 2.05) is 18.2 Å². The van der Waals surface area contributed by atoms with Crippen LogP contribution >= 0.6 is 0 Å². The van der Waals surface area contributed by atoms with Crippen LogP contribution in [0.25, 0.3) is 127 Å².